The van der Waals surface area contributed by atoms with Gasteiger partial charge in [-0.3, -0.25) is 4.57 Å². The number of hydrogen-bond acceptors (Lipinski definition) is 2. The first-order chi connectivity index (χ1) is 65.3. The molecule has 17 aromatic rings. The van der Waals surface area contributed by atoms with Gasteiger partial charge in [-0.2, -0.15) is 18.2 Å². The monoisotopic (exact) mass is 1460 g/mol. The molecule has 0 saturated heterocycles. The van der Waals surface area contributed by atoms with Crippen LogP contribution in [0.25, 0.3) is 150 Å². The Labute approximate surface area is 639 Å². The predicted octanol–water partition coefficient (Wildman–Crippen LogP) is 22.9. The molecule has 3 heterocycles. The number of pyridine rings is 1. The number of rotatable bonds is 14. The van der Waals surface area contributed by atoms with E-state index < -0.39 is 349 Å². The van der Waals surface area contributed by atoms with Gasteiger partial charge in [0.05, 0.1) is 71.6 Å². The third-order valence-corrected chi connectivity index (χ3v) is 15.4. The normalized spacial score (nSPS) is 17.6. The van der Waals surface area contributed by atoms with Gasteiger partial charge in [-0.05, 0) is 185 Å². The Morgan fingerprint density at radius 2 is 0.887 bits per heavy atom. The fourth-order valence-corrected chi connectivity index (χ4v) is 11.2. The largest absolute Gasteiger partial charge is 0.510 e. The Balaban J connectivity index is 0.0000141. The van der Waals surface area contributed by atoms with Gasteiger partial charge in [0, 0.05) is 54.0 Å². The molecule has 0 saturated carbocycles. The van der Waals surface area contributed by atoms with E-state index in [0.29, 0.717) is 16.3 Å². The third-order valence-electron chi connectivity index (χ3n) is 15.4. The first-order valence-corrected chi connectivity index (χ1v) is 29.0. The van der Waals surface area contributed by atoms with E-state index in [1.54, 1.807) is 30.3 Å². The van der Waals surface area contributed by atoms with Crippen LogP contribution in [0.4, 0.5) is 0 Å². The minimum atomic E-state index is -3.03. The molecule has 3 aromatic heterocycles. The first-order valence-electron chi connectivity index (χ1n) is 50.5. The number of aryl methyl sites for hydroxylation is 1. The van der Waals surface area contributed by atoms with Gasteiger partial charge in [0.15, 0.2) is 0 Å². The van der Waals surface area contributed by atoms with Crippen LogP contribution in [0, 0.1) is 25.3 Å². The molecule has 5 nitrogen and oxygen atoms in total. The molecule has 0 aliphatic rings. The van der Waals surface area contributed by atoms with Crippen molar-refractivity contribution in [2.24, 2.45) is 0 Å². The van der Waals surface area contributed by atoms with E-state index in [-0.39, 0.29) is 71.7 Å². The van der Waals surface area contributed by atoms with Gasteiger partial charge in [0.2, 0.25) is 0 Å². The maximum Gasteiger partial charge on any atom is 0.268 e. The Hall–Kier alpha value is -12.0. The van der Waals surface area contributed by atoms with Gasteiger partial charge >= 0.3 is 0 Å². The molecule has 462 valence electrons. The van der Waals surface area contributed by atoms with Gasteiger partial charge in [-0.25, -0.2) is 4.98 Å². The number of nitrogens with zero attached hydrogens (tertiary/aromatic N) is 4. The summed E-state index contributed by atoms with van der Waals surface area (Å²) >= 11 is 0. The van der Waals surface area contributed by atoms with Crippen LogP contribution >= 0.6 is 0 Å². The quantitative estimate of drug-likeness (QED) is 0.0803. The Morgan fingerprint density at radius 1 is 0.392 bits per heavy atom. The average Bonchev–Trinajstić information content (AvgIpc) is 1.17. The summed E-state index contributed by atoms with van der Waals surface area (Å²) in [5.74, 6) is -0.398. The molecule has 0 amide bonds. The SMILES string of the molecule is [2H]c1c([2H])c([2H])c(-c2cc(-c3c([2H])c(-c4c([2H])c([2H])c([2H])c([2H])c4[2H])cc(-c4c([2H])c([2H])c([2H])c([2H])c4[2H])c3[2H])c(-[n+]3[c-]n(-c4[c-]c(Oc5[c-]c6c(cc5)c5ccccc5n6-c5cc(C([2H])([2H])[2H])c(-c6c([2H])c([2H])c([2H])c([2H])c6[2H])cn5)ccc4)c4cc(-c5c([2H])c([2H])c([2H])c([2H])c5[2H])ccc43)c(-c3c([2H])c(-c4c([2H])c([2H])c([2H])c([2H])c4[2H])c([2H])c(-c4c([2H])c([2H])c([2H])c([2H])c4[2H])c3[2H])c2)c([2H])c1[2H].[Pt]. The van der Waals surface area contributed by atoms with E-state index in [0.717, 1.165) is 29.0 Å². The van der Waals surface area contributed by atoms with Crippen molar-refractivity contribution < 1.29 is 89.3 Å². The van der Waals surface area contributed by atoms with Crippen molar-refractivity contribution in [2.75, 3.05) is 0 Å². The van der Waals surface area contributed by atoms with Gasteiger partial charge in [-0.1, -0.05) is 247 Å². The zero-order valence-corrected chi connectivity index (χ0v) is 51.6. The summed E-state index contributed by atoms with van der Waals surface area (Å²) in [4.78, 5) is 4.66. The fraction of sp³-hybridized carbons (Fsp3) is 0.0110. The second-order valence-corrected chi connectivity index (χ2v) is 21.0. The number of para-hydroxylation sites is 1. The number of fused-ring (bicyclic) bond motifs is 4. The van der Waals surface area contributed by atoms with Crippen LogP contribution in [-0.4, -0.2) is 14.1 Å². The molecule has 14 aromatic carbocycles. The Morgan fingerprint density at radius 3 is 1.45 bits per heavy atom. The molecule has 0 radical (unpaired) electrons. The maximum absolute atomic E-state index is 10.8. The smallest absolute Gasteiger partial charge is 0.268 e. The molecule has 0 fully saturated rings. The van der Waals surface area contributed by atoms with Crippen LogP contribution in [0.3, 0.4) is 0 Å². The molecule has 0 bridgehead atoms. The van der Waals surface area contributed by atoms with Crippen molar-refractivity contribution in [3.05, 3.63) is 369 Å². The summed E-state index contributed by atoms with van der Waals surface area (Å²) in [7, 11) is 0. The molecule has 97 heavy (non-hydrogen) atoms. The number of imidazole rings is 1. The zero-order valence-electron chi connectivity index (χ0n) is 92.3. The van der Waals surface area contributed by atoms with Crippen molar-refractivity contribution in [3.8, 4) is 129 Å². The third kappa shape index (κ3) is 11.7. The number of ether oxygens (including phenoxy) is 1. The summed E-state index contributed by atoms with van der Waals surface area (Å²) in [5.41, 5.74) is -15.6. The molecular formula is C91H60N4OPt-2. The first kappa shape index (κ1) is 29.3. The molecule has 0 aliphatic heterocycles. The van der Waals surface area contributed by atoms with Crippen LogP contribution < -0.4 is 9.30 Å². The second kappa shape index (κ2) is 26.1. The summed E-state index contributed by atoms with van der Waals surface area (Å²) < 4.78 is 408. The number of hydrogen-bond donors (Lipinski definition) is 0. The van der Waals surface area contributed by atoms with Gasteiger partial charge in [0.25, 0.3) is 6.33 Å². The molecule has 0 aliphatic carbocycles. The van der Waals surface area contributed by atoms with Crippen LogP contribution in [0.2, 0.25) is 0 Å². The maximum atomic E-state index is 10.8. The van der Waals surface area contributed by atoms with Crippen LogP contribution in [0.15, 0.2) is 345 Å². The molecular weight excluding hydrogens is 1360 g/mol. The number of benzene rings is 14. The van der Waals surface area contributed by atoms with E-state index in [1.807, 2.05) is 0 Å². The minimum Gasteiger partial charge on any atom is -0.510 e. The van der Waals surface area contributed by atoms with E-state index in [4.69, 9.17) is 37.6 Å². The van der Waals surface area contributed by atoms with Gasteiger partial charge in [-0.15, -0.1) is 29.7 Å². The summed E-state index contributed by atoms with van der Waals surface area (Å²) in [6, 6.07) is -12.3. The molecule has 0 spiro atoms. The van der Waals surface area contributed by atoms with Crippen molar-refractivity contribution in [1.29, 1.82) is 0 Å². The summed E-state index contributed by atoms with van der Waals surface area (Å²) in [6.45, 7) is -3.03. The molecule has 0 atom stereocenters. The Kier molecular flexibility index (Phi) is 7.88. The Bertz CT molecular complexity index is 8020. The van der Waals surface area contributed by atoms with Crippen molar-refractivity contribution in [2.45, 2.75) is 6.85 Å². The molecule has 17 rings (SSSR count). The van der Waals surface area contributed by atoms with Crippen molar-refractivity contribution in [3.63, 3.8) is 0 Å². The van der Waals surface area contributed by atoms with Crippen LogP contribution in [0.1, 0.15) is 64.5 Å². The summed E-state index contributed by atoms with van der Waals surface area (Å²) in [5, 5.41) is 1.04. The molecule has 0 N–H and O–H groups in total. The van der Waals surface area contributed by atoms with Gasteiger partial charge in [0.1, 0.15) is 5.82 Å². The van der Waals surface area contributed by atoms with Crippen LogP contribution in [-0.2, 0) is 21.1 Å². The summed E-state index contributed by atoms with van der Waals surface area (Å²) in [6.07, 6.45) is 4.28. The van der Waals surface area contributed by atoms with Crippen LogP contribution in [0.5, 0.6) is 11.5 Å². The number of aromatic nitrogens is 4. The van der Waals surface area contributed by atoms with Crippen molar-refractivity contribution in [1.82, 2.24) is 14.1 Å². The standard InChI is InChI=1S/C91H60N4O.Pt/c1-62-48-90(92-60-85(62)69-38-21-8-22-39-69)95-86-43-24-23-42-81(86)82-46-45-80(59-88(82)95)96-79-41-25-40-78(58-79)93-61-94(87-47-44-70(57-89(87)93)63-26-9-2-10-27-63)91-83(76-51-71(64-28-11-3-12-29-64)49-72(52-76)65-30-13-4-14-31-65)55-75(68-36-19-7-20-37-68)56-84(91)77-53-73(66-32-15-5-16-33-66)50-74(54-77)67-34-17-6-18-35-67;/h2-57,60H,1H3;/q-2;/i1D3,2D,3D,4D,5D,6D,7D,8D,9D,10D,11D,12D,13D,14D,15D,16D,17D,18D,19D,20D,21D,22D,26D,27D,28D,29D,30D,31D,32D,33D,34D,35D,36D,37D,38D,39D,49D,51D,52D,53D,54D;. The van der Waals surface area contributed by atoms with Crippen molar-refractivity contribution >= 4 is 32.8 Å². The fourth-order valence-electron chi connectivity index (χ4n) is 11.2. The topological polar surface area (TPSA) is 35.9 Å². The predicted molar refractivity (Wildman–Crippen MR) is 394 cm³/mol. The van der Waals surface area contributed by atoms with E-state index in [9.17, 15) is 26.0 Å². The van der Waals surface area contributed by atoms with E-state index in [1.165, 1.54) is 57.7 Å². The average molecular weight is 1460 g/mol. The minimum absolute atomic E-state index is 0. The van der Waals surface area contributed by atoms with E-state index >= 15 is 0 Å². The van der Waals surface area contributed by atoms with Gasteiger partial charge < -0.3 is 13.9 Å². The zero-order chi connectivity index (χ0) is 101. The second-order valence-electron chi connectivity index (χ2n) is 21.0. The van der Waals surface area contributed by atoms with E-state index in [2.05, 4.69) is 23.4 Å². The molecule has 0 unspecified atom stereocenters. The molecule has 6 heteroatoms.